The first-order chi connectivity index (χ1) is 11.8. The number of amides is 1. The number of ether oxygens (including phenoxy) is 1. The second kappa shape index (κ2) is 6.74. The zero-order valence-electron chi connectivity index (χ0n) is 13.1. The number of fused-ring (bicyclic) bond motifs is 1. The van der Waals surface area contributed by atoms with Crippen LogP contribution in [0.1, 0.15) is 6.92 Å². The molecule has 0 spiro atoms. The molecule has 0 saturated heterocycles. The van der Waals surface area contributed by atoms with Crippen molar-refractivity contribution in [3.63, 3.8) is 0 Å². The van der Waals surface area contributed by atoms with Crippen molar-refractivity contribution in [3.8, 4) is 5.75 Å². The molecule has 0 bridgehead atoms. The van der Waals surface area contributed by atoms with Crippen molar-refractivity contribution < 1.29 is 17.9 Å². The Kier molecular flexibility index (Phi) is 4.81. The Morgan fingerprint density at radius 1 is 1.20 bits per heavy atom. The van der Waals surface area contributed by atoms with E-state index in [1.807, 2.05) is 0 Å². The van der Waals surface area contributed by atoms with Crippen LogP contribution >= 0.6 is 23.2 Å². The van der Waals surface area contributed by atoms with Crippen LogP contribution in [0, 0.1) is 0 Å². The van der Waals surface area contributed by atoms with Crippen molar-refractivity contribution in [2.45, 2.75) is 11.8 Å². The van der Waals surface area contributed by atoms with Gasteiger partial charge in [0.15, 0.2) is 0 Å². The van der Waals surface area contributed by atoms with Gasteiger partial charge in [-0.2, -0.15) is 0 Å². The van der Waals surface area contributed by atoms with Gasteiger partial charge in [-0.3, -0.25) is 9.52 Å². The van der Waals surface area contributed by atoms with Crippen molar-refractivity contribution in [2.24, 2.45) is 0 Å². The van der Waals surface area contributed by atoms with Crippen molar-refractivity contribution in [1.29, 1.82) is 0 Å². The molecule has 25 heavy (non-hydrogen) atoms. The highest BCUT2D eigenvalue weighted by molar-refractivity contribution is 7.92. The molecule has 1 amide bonds. The Bertz CT molecular complexity index is 930. The van der Waals surface area contributed by atoms with Crippen molar-refractivity contribution in [3.05, 3.63) is 46.4 Å². The Morgan fingerprint density at radius 2 is 1.88 bits per heavy atom. The standard InChI is InChI=1S/C16H14Cl2N2O4S/c1-10(21)20-6-7-24-15-9-16(13(18)8-14(15)20)25(22,23)19-12-4-2-11(17)3-5-12/h2-5,8-9,19H,6-7H2,1H3. The van der Waals surface area contributed by atoms with Crippen molar-refractivity contribution in [1.82, 2.24) is 0 Å². The highest BCUT2D eigenvalue weighted by atomic mass is 35.5. The fourth-order valence-electron chi connectivity index (χ4n) is 2.48. The molecule has 1 aliphatic heterocycles. The first-order valence-electron chi connectivity index (χ1n) is 7.31. The van der Waals surface area contributed by atoms with Crippen LogP contribution < -0.4 is 14.4 Å². The highest BCUT2D eigenvalue weighted by Crippen LogP contribution is 2.38. The fraction of sp³-hybridized carbons (Fsp3) is 0.188. The second-order valence-corrected chi connectivity index (χ2v) is 7.88. The quantitative estimate of drug-likeness (QED) is 0.854. The Morgan fingerprint density at radius 3 is 2.52 bits per heavy atom. The topological polar surface area (TPSA) is 75.7 Å². The van der Waals surface area contributed by atoms with E-state index in [1.165, 1.54) is 24.0 Å². The van der Waals surface area contributed by atoms with Crippen LogP contribution in [-0.4, -0.2) is 27.5 Å². The number of hydrogen-bond acceptors (Lipinski definition) is 4. The summed E-state index contributed by atoms with van der Waals surface area (Å²) in [5, 5.41) is 0.490. The maximum atomic E-state index is 12.6. The molecular formula is C16H14Cl2N2O4S. The van der Waals surface area contributed by atoms with E-state index in [4.69, 9.17) is 27.9 Å². The Balaban J connectivity index is 1.99. The average molecular weight is 401 g/mol. The molecular weight excluding hydrogens is 387 g/mol. The summed E-state index contributed by atoms with van der Waals surface area (Å²) in [6.07, 6.45) is 0. The summed E-state index contributed by atoms with van der Waals surface area (Å²) in [4.78, 5) is 13.1. The van der Waals surface area contributed by atoms with Crippen LogP contribution in [0.4, 0.5) is 11.4 Å². The molecule has 9 heteroatoms. The van der Waals surface area contributed by atoms with Gasteiger partial charge in [-0.25, -0.2) is 8.42 Å². The molecule has 0 unspecified atom stereocenters. The molecule has 0 saturated carbocycles. The van der Waals surface area contributed by atoms with Crippen LogP contribution in [0.5, 0.6) is 5.75 Å². The first kappa shape index (κ1) is 17.8. The number of rotatable bonds is 3. The number of carbonyl (C=O) groups excluding carboxylic acids is 1. The summed E-state index contributed by atoms with van der Waals surface area (Å²) in [5.74, 6) is 0.123. The van der Waals surface area contributed by atoms with Gasteiger partial charge in [0.1, 0.15) is 17.3 Å². The molecule has 2 aromatic carbocycles. The van der Waals surface area contributed by atoms with Crippen molar-refractivity contribution in [2.75, 3.05) is 22.8 Å². The minimum atomic E-state index is -3.94. The summed E-state index contributed by atoms with van der Waals surface area (Å²) in [7, 11) is -3.94. The van der Waals surface area contributed by atoms with Gasteiger partial charge in [-0.15, -0.1) is 0 Å². The molecule has 0 atom stereocenters. The average Bonchev–Trinajstić information content (AvgIpc) is 2.55. The Hall–Kier alpha value is -1.96. The van der Waals surface area contributed by atoms with E-state index >= 15 is 0 Å². The minimum absolute atomic E-state index is 0.00281. The summed E-state index contributed by atoms with van der Waals surface area (Å²) < 4.78 is 33.2. The third kappa shape index (κ3) is 3.68. The number of halogens is 2. The van der Waals surface area contributed by atoms with Gasteiger partial charge in [0, 0.05) is 23.7 Å². The molecule has 0 aliphatic carbocycles. The van der Waals surface area contributed by atoms with Crippen LogP contribution in [-0.2, 0) is 14.8 Å². The van der Waals surface area contributed by atoms with E-state index in [-0.39, 0.29) is 22.4 Å². The Labute approximate surface area is 155 Å². The van der Waals surface area contributed by atoms with Crippen LogP contribution in [0.2, 0.25) is 10.0 Å². The first-order valence-corrected chi connectivity index (χ1v) is 9.55. The van der Waals surface area contributed by atoms with E-state index in [0.717, 1.165) is 0 Å². The van der Waals surface area contributed by atoms with E-state index in [2.05, 4.69) is 4.72 Å². The molecule has 132 valence electrons. The molecule has 0 aromatic heterocycles. The molecule has 6 nitrogen and oxygen atoms in total. The number of anilines is 2. The zero-order chi connectivity index (χ0) is 18.2. The lowest BCUT2D eigenvalue weighted by Gasteiger charge is -2.29. The molecule has 1 heterocycles. The number of sulfonamides is 1. The summed E-state index contributed by atoms with van der Waals surface area (Å²) in [6.45, 7) is 2.09. The number of benzene rings is 2. The van der Waals surface area contributed by atoms with E-state index in [0.29, 0.717) is 28.7 Å². The van der Waals surface area contributed by atoms with Crippen LogP contribution in [0.3, 0.4) is 0 Å². The third-order valence-electron chi connectivity index (χ3n) is 3.64. The number of carbonyl (C=O) groups is 1. The number of nitrogens with one attached hydrogen (secondary N) is 1. The van der Waals surface area contributed by atoms with Gasteiger partial charge in [0.05, 0.1) is 17.3 Å². The molecule has 1 aliphatic rings. The SMILES string of the molecule is CC(=O)N1CCOc2cc(S(=O)(=O)Nc3ccc(Cl)cc3)c(Cl)cc21. The monoisotopic (exact) mass is 400 g/mol. The lowest BCUT2D eigenvalue weighted by Crippen LogP contribution is -2.36. The van der Waals surface area contributed by atoms with Gasteiger partial charge in [-0.05, 0) is 30.3 Å². The van der Waals surface area contributed by atoms with Gasteiger partial charge in [0.2, 0.25) is 5.91 Å². The van der Waals surface area contributed by atoms with E-state index in [9.17, 15) is 13.2 Å². The number of hydrogen-bond donors (Lipinski definition) is 1. The van der Waals surface area contributed by atoms with Crippen LogP contribution in [0.15, 0.2) is 41.3 Å². The molecule has 0 fully saturated rings. The van der Waals surface area contributed by atoms with Gasteiger partial charge in [-0.1, -0.05) is 23.2 Å². The van der Waals surface area contributed by atoms with E-state index < -0.39 is 10.0 Å². The maximum Gasteiger partial charge on any atom is 0.263 e. The maximum absolute atomic E-state index is 12.6. The number of nitrogens with zero attached hydrogens (tertiary/aromatic N) is 1. The highest BCUT2D eigenvalue weighted by Gasteiger charge is 2.27. The van der Waals surface area contributed by atoms with Crippen LogP contribution in [0.25, 0.3) is 0 Å². The van der Waals surface area contributed by atoms with E-state index in [1.54, 1.807) is 24.3 Å². The zero-order valence-corrected chi connectivity index (χ0v) is 15.5. The van der Waals surface area contributed by atoms with Gasteiger partial charge < -0.3 is 9.64 Å². The fourth-order valence-corrected chi connectivity index (χ4v) is 4.20. The van der Waals surface area contributed by atoms with Crippen molar-refractivity contribution >= 4 is 50.5 Å². The lowest BCUT2D eigenvalue weighted by molar-refractivity contribution is -0.116. The molecule has 3 rings (SSSR count). The predicted molar refractivity (Wildman–Crippen MR) is 97.2 cm³/mol. The lowest BCUT2D eigenvalue weighted by atomic mass is 10.2. The second-order valence-electron chi connectivity index (χ2n) is 5.38. The molecule has 2 aromatic rings. The summed E-state index contributed by atoms with van der Waals surface area (Å²) >= 11 is 12.0. The largest absolute Gasteiger partial charge is 0.489 e. The van der Waals surface area contributed by atoms with Gasteiger partial charge in [0.25, 0.3) is 10.0 Å². The normalized spacial score (nSPS) is 13.8. The smallest absolute Gasteiger partial charge is 0.263 e. The predicted octanol–water partition coefficient (Wildman–Crippen LogP) is 3.54. The summed E-state index contributed by atoms with van der Waals surface area (Å²) in [5.41, 5.74) is 0.804. The molecule has 1 N–H and O–H groups in total. The minimum Gasteiger partial charge on any atom is -0.489 e. The summed E-state index contributed by atoms with van der Waals surface area (Å²) in [6, 6.07) is 8.97. The third-order valence-corrected chi connectivity index (χ3v) is 5.74. The van der Waals surface area contributed by atoms with Gasteiger partial charge >= 0.3 is 0 Å². The molecule has 0 radical (unpaired) electrons.